The van der Waals surface area contributed by atoms with Gasteiger partial charge in [-0.2, -0.15) is 0 Å². The Morgan fingerprint density at radius 1 is 1.15 bits per heavy atom. The number of nitrogen functional groups attached to an aromatic ring is 1. The van der Waals surface area contributed by atoms with Crippen molar-refractivity contribution in [3.8, 4) is 0 Å². The highest BCUT2D eigenvalue weighted by molar-refractivity contribution is 7.92. The molecule has 0 aliphatic carbocycles. The second-order valence-corrected chi connectivity index (χ2v) is 6.42. The molecule has 0 aromatic heterocycles. The number of nitrogens with two attached hydrogens (primary N) is 1. The molecule has 2 rings (SSSR count). The normalized spacial score (nSPS) is 11.3. The molecule has 6 heteroatoms. The number of benzene rings is 2. The van der Waals surface area contributed by atoms with Gasteiger partial charge in [-0.05, 0) is 29.8 Å². The van der Waals surface area contributed by atoms with Gasteiger partial charge in [-0.15, -0.1) is 0 Å². The van der Waals surface area contributed by atoms with Crippen LogP contribution in [0.1, 0.15) is 5.56 Å². The SMILES string of the molecule is CN(c1ccccc1F)S(=O)(=O)Cc1cccc(N)c1. The molecule has 0 spiro atoms. The van der Waals surface area contributed by atoms with E-state index in [0.29, 0.717) is 11.3 Å². The van der Waals surface area contributed by atoms with E-state index in [9.17, 15) is 12.8 Å². The molecule has 0 amide bonds. The lowest BCUT2D eigenvalue weighted by molar-refractivity contribution is 0.589. The van der Waals surface area contributed by atoms with Crippen LogP contribution in [0.15, 0.2) is 48.5 Å². The van der Waals surface area contributed by atoms with Gasteiger partial charge in [0.1, 0.15) is 5.82 Å². The van der Waals surface area contributed by atoms with Crippen molar-refractivity contribution < 1.29 is 12.8 Å². The van der Waals surface area contributed by atoms with Crippen LogP contribution < -0.4 is 10.0 Å². The van der Waals surface area contributed by atoms with Crippen LogP contribution in [0.2, 0.25) is 0 Å². The summed E-state index contributed by atoms with van der Waals surface area (Å²) in [5.41, 5.74) is 6.70. The number of rotatable bonds is 4. The second-order valence-electron chi connectivity index (χ2n) is 4.42. The Balaban J connectivity index is 2.29. The quantitative estimate of drug-likeness (QED) is 0.881. The summed E-state index contributed by atoms with van der Waals surface area (Å²) in [4.78, 5) is 0. The van der Waals surface area contributed by atoms with E-state index >= 15 is 0 Å². The van der Waals surface area contributed by atoms with Crippen LogP contribution in [0.3, 0.4) is 0 Å². The van der Waals surface area contributed by atoms with Gasteiger partial charge in [-0.1, -0.05) is 24.3 Å². The third-order valence-electron chi connectivity index (χ3n) is 2.91. The predicted octanol–water partition coefficient (Wildman–Crippen LogP) is 2.37. The van der Waals surface area contributed by atoms with Gasteiger partial charge < -0.3 is 5.73 Å². The number of hydrogen-bond donors (Lipinski definition) is 1. The lowest BCUT2D eigenvalue weighted by Gasteiger charge is -2.20. The Bertz CT molecular complexity index is 717. The first-order valence-electron chi connectivity index (χ1n) is 5.96. The van der Waals surface area contributed by atoms with Crippen LogP contribution >= 0.6 is 0 Å². The van der Waals surface area contributed by atoms with Gasteiger partial charge in [0.25, 0.3) is 0 Å². The second kappa shape index (κ2) is 5.50. The van der Waals surface area contributed by atoms with Crippen molar-refractivity contribution in [3.63, 3.8) is 0 Å². The molecule has 0 saturated carbocycles. The highest BCUT2D eigenvalue weighted by Crippen LogP contribution is 2.22. The fourth-order valence-corrected chi connectivity index (χ4v) is 3.09. The maximum Gasteiger partial charge on any atom is 0.239 e. The summed E-state index contributed by atoms with van der Waals surface area (Å²) >= 11 is 0. The molecule has 0 atom stereocenters. The third kappa shape index (κ3) is 3.08. The van der Waals surface area contributed by atoms with E-state index in [1.54, 1.807) is 30.3 Å². The monoisotopic (exact) mass is 294 g/mol. The molecular formula is C14H15FN2O2S. The number of hydrogen-bond acceptors (Lipinski definition) is 3. The molecular weight excluding hydrogens is 279 g/mol. The maximum atomic E-state index is 13.6. The average molecular weight is 294 g/mol. The number of para-hydroxylation sites is 1. The van der Waals surface area contributed by atoms with Gasteiger partial charge in [-0.25, -0.2) is 12.8 Å². The van der Waals surface area contributed by atoms with E-state index in [0.717, 1.165) is 4.31 Å². The molecule has 0 aliphatic rings. The Kier molecular flexibility index (Phi) is 3.94. The Morgan fingerprint density at radius 2 is 1.85 bits per heavy atom. The van der Waals surface area contributed by atoms with Crippen molar-refractivity contribution in [1.29, 1.82) is 0 Å². The van der Waals surface area contributed by atoms with Gasteiger partial charge in [0.15, 0.2) is 0 Å². The van der Waals surface area contributed by atoms with E-state index in [-0.39, 0.29) is 11.4 Å². The van der Waals surface area contributed by atoms with E-state index in [2.05, 4.69) is 0 Å². The molecule has 2 N–H and O–H groups in total. The number of nitrogens with zero attached hydrogens (tertiary/aromatic N) is 1. The minimum atomic E-state index is -3.67. The Morgan fingerprint density at radius 3 is 2.50 bits per heavy atom. The summed E-state index contributed by atoms with van der Waals surface area (Å²) < 4.78 is 39.2. The summed E-state index contributed by atoms with van der Waals surface area (Å²) in [5, 5.41) is 0. The lowest BCUT2D eigenvalue weighted by atomic mass is 10.2. The predicted molar refractivity (Wildman–Crippen MR) is 78.3 cm³/mol. The van der Waals surface area contributed by atoms with Crippen molar-refractivity contribution in [2.75, 3.05) is 17.1 Å². The highest BCUT2D eigenvalue weighted by Gasteiger charge is 2.21. The van der Waals surface area contributed by atoms with Crippen LogP contribution in [0.5, 0.6) is 0 Å². The maximum absolute atomic E-state index is 13.6. The summed E-state index contributed by atoms with van der Waals surface area (Å²) in [6.45, 7) is 0. The highest BCUT2D eigenvalue weighted by atomic mass is 32.2. The zero-order chi connectivity index (χ0) is 14.8. The van der Waals surface area contributed by atoms with Crippen LogP contribution in [-0.4, -0.2) is 15.5 Å². The number of halogens is 1. The Labute approximate surface area is 117 Å². The number of anilines is 2. The van der Waals surface area contributed by atoms with Crippen molar-refractivity contribution in [1.82, 2.24) is 0 Å². The van der Waals surface area contributed by atoms with Gasteiger partial charge in [0.2, 0.25) is 10.0 Å². The molecule has 0 heterocycles. The van der Waals surface area contributed by atoms with E-state index in [1.165, 1.54) is 25.2 Å². The molecule has 0 radical (unpaired) electrons. The molecule has 0 fully saturated rings. The van der Waals surface area contributed by atoms with Crippen LogP contribution in [0.4, 0.5) is 15.8 Å². The average Bonchev–Trinajstić information content (AvgIpc) is 2.38. The smallest absolute Gasteiger partial charge is 0.239 e. The zero-order valence-electron chi connectivity index (χ0n) is 11.0. The molecule has 2 aromatic carbocycles. The topological polar surface area (TPSA) is 63.4 Å². The van der Waals surface area contributed by atoms with Crippen LogP contribution in [0.25, 0.3) is 0 Å². The van der Waals surface area contributed by atoms with Gasteiger partial charge >= 0.3 is 0 Å². The molecule has 20 heavy (non-hydrogen) atoms. The van der Waals surface area contributed by atoms with Crippen molar-refractivity contribution in [2.45, 2.75) is 5.75 Å². The summed E-state index contributed by atoms with van der Waals surface area (Å²) in [7, 11) is -2.33. The molecule has 4 nitrogen and oxygen atoms in total. The van der Waals surface area contributed by atoms with Crippen molar-refractivity contribution >= 4 is 21.4 Å². The standard InChI is InChI=1S/C14H15FN2O2S/c1-17(14-8-3-2-7-13(14)15)20(18,19)10-11-5-4-6-12(16)9-11/h2-9H,10,16H2,1H3. The first-order chi connectivity index (χ1) is 9.40. The van der Waals surface area contributed by atoms with E-state index in [4.69, 9.17) is 5.73 Å². The third-order valence-corrected chi connectivity index (χ3v) is 4.64. The van der Waals surface area contributed by atoms with Gasteiger partial charge in [0.05, 0.1) is 11.4 Å². The van der Waals surface area contributed by atoms with E-state index in [1.807, 2.05) is 0 Å². The Hall–Kier alpha value is -2.08. The van der Waals surface area contributed by atoms with Crippen LogP contribution in [-0.2, 0) is 15.8 Å². The molecule has 0 aliphatic heterocycles. The molecule has 2 aromatic rings. The summed E-state index contributed by atoms with van der Waals surface area (Å²) in [6, 6.07) is 12.4. The molecule has 0 bridgehead atoms. The fourth-order valence-electron chi connectivity index (χ4n) is 1.85. The molecule has 106 valence electrons. The molecule has 0 saturated heterocycles. The first kappa shape index (κ1) is 14.3. The lowest BCUT2D eigenvalue weighted by Crippen LogP contribution is -2.28. The summed E-state index contributed by atoms with van der Waals surface area (Å²) in [6.07, 6.45) is 0. The summed E-state index contributed by atoms with van der Waals surface area (Å²) in [5.74, 6) is -0.811. The number of sulfonamides is 1. The largest absolute Gasteiger partial charge is 0.399 e. The van der Waals surface area contributed by atoms with E-state index < -0.39 is 15.8 Å². The zero-order valence-corrected chi connectivity index (χ0v) is 11.8. The van der Waals surface area contributed by atoms with Gasteiger partial charge in [-0.3, -0.25) is 4.31 Å². The van der Waals surface area contributed by atoms with Crippen LogP contribution in [0, 0.1) is 5.82 Å². The minimum absolute atomic E-state index is 0.0244. The van der Waals surface area contributed by atoms with Crippen molar-refractivity contribution in [3.05, 3.63) is 59.9 Å². The minimum Gasteiger partial charge on any atom is -0.399 e. The molecule has 0 unspecified atom stereocenters. The van der Waals surface area contributed by atoms with Gasteiger partial charge in [0, 0.05) is 12.7 Å². The van der Waals surface area contributed by atoms with Crippen molar-refractivity contribution in [2.24, 2.45) is 0 Å². The first-order valence-corrected chi connectivity index (χ1v) is 7.56. The fraction of sp³-hybridized carbons (Fsp3) is 0.143.